The second kappa shape index (κ2) is 8.60. The van der Waals surface area contributed by atoms with Gasteiger partial charge in [0, 0.05) is 56.6 Å². The summed E-state index contributed by atoms with van der Waals surface area (Å²) in [5, 5.41) is 0. The van der Waals surface area contributed by atoms with Gasteiger partial charge in [-0.15, -0.1) is 13.2 Å². The second-order valence-corrected chi connectivity index (χ2v) is 7.72. The minimum Gasteiger partial charge on any atom is -0.406 e. The van der Waals surface area contributed by atoms with Crippen molar-refractivity contribution >= 4 is 17.7 Å². The molecule has 0 aliphatic carbocycles. The van der Waals surface area contributed by atoms with E-state index in [9.17, 15) is 18.0 Å². The lowest BCUT2D eigenvalue weighted by molar-refractivity contribution is -0.274. The van der Waals surface area contributed by atoms with Gasteiger partial charge in [-0.3, -0.25) is 4.79 Å². The van der Waals surface area contributed by atoms with Crippen molar-refractivity contribution in [3.05, 3.63) is 41.6 Å². The Balaban J connectivity index is 1.41. The van der Waals surface area contributed by atoms with Crippen molar-refractivity contribution < 1.29 is 22.7 Å². The Labute approximate surface area is 178 Å². The van der Waals surface area contributed by atoms with Crippen LogP contribution in [0.25, 0.3) is 0 Å². The molecule has 2 aliphatic heterocycles. The maximum absolute atomic E-state index is 12.8. The molecular formula is C21H24F3N5O2. The number of benzene rings is 1. The van der Waals surface area contributed by atoms with Crippen LogP contribution in [0.4, 0.5) is 24.9 Å². The lowest BCUT2D eigenvalue weighted by atomic mass is 10.1. The molecule has 0 atom stereocenters. The lowest BCUT2D eigenvalue weighted by Crippen LogP contribution is -2.49. The number of rotatable bonds is 4. The van der Waals surface area contributed by atoms with Gasteiger partial charge in [0.1, 0.15) is 11.6 Å². The van der Waals surface area contributed by atoms with Crippen LogP contribution in [-0.4, -0.2) is 66.4 Å². The van der Waals surface area contributed by atoms with Crippen LogP contribution in [0.3, 0.4) is 0 Å². The number of piperazine rings is 1. The molecule has 0 spiro atoms. The average molecular weight is 435 g/mol. The summed E-state index contributed by atoms with van der Waals surface area (Å²) in [7, 11) is 0. The third-order valence-electron chi connectivity index (χ3n) is 5.42. The van der Waals surface area contributed by atoms with Crippen molar-refractivity contribution in [2.24, 2.45) is 0 Å². The van der Waals surface area contributed by atoms with Gasteiger partial charge in [-0.2, -0.15) is 4.98 Å². The smallest absolute Gasteiger partial charge is 0.406 e. The first-order valence-corrected chi connectivity index (χ1v) is 10.3. The van der Waals surface area contributed by atoms with Crippen LogP contribution in [0.2, 0.25) is 0 Å². The van der Waals surface area contributed by atoms with E-state index >= 15 is 0 Å². The number of ether oxygens (including phenoxy) is 1. The standard InChI is InChI=1S/C21H24F3N5O2/c1-15-13-18(26-20(25-15)29-7-2-3-8-29)27-9-11-28(12-10-27)19(30)16-5-4-6-17(14-16)31-21(22,23)24/h4-6,13-14H,2-3,7-12H2,1H3. The number of carbonyl (C=O) groups excluding carboxylic acids is 1. The van der Waals surface area contributed by atoms with Crippen LogP contribution < -0.4 is 14.5 Å². The van der Waals surface area contributed by atoms with Gasteiger partial charge in [0.05, 0.1) is 0 Å². The van der Waals surface area contributed by atoms with Crippen LogP contribution >= 0.6 is 0 Å². The number of aryl methyl sites for hydroxylation is 1. The maximum Gasteiger partial charge on any atom is 0.573 e. The van der Waals surface area contributed by atoms with E-state index in [0.717, 1.165) is 49.5 Å². The monoisotopic (exact) mass is 435 g/mol. The van der Waals surface area contributed by atoms with E-state index in [1.165, 1.54) is 18.2 Å². The van der Waals surface area contributed by atoms with Crippen molar-refractivity contribution in [3.8, 4) is 5.75 Å². The Kier molecular flexibility index (Phi) is 5.88. The molecular weight excluding hydrogens is 411 g/mol. The zero-order valence-corrected chi connectivity index (χ0v) is 17.2. The topological polar surface area (TPSA) is 61.8 Å². The predicted molar refractivity (Wildman–Crippen MR) is 109 cm³/mol. The molecule has 3 heterocycles. The maximum atomic E-state index is 12.8. The van der Waals surface area contributed by atoms with E-state index in [2.05, 4.69) is 19.5 Å². The van der Waals surface area contributed by atoms with Gasteiger partial charge in [0.15, 0.2) is 0 Å². The van der Waals surface area contributed by atoms with Crippen LogP contribution in [0.15, 0.2) is 30.3 Å². The highest BCUT2D eigenvalue weighted by Gasteiger charge is 2.31. The molecule has 0 radical (unpaired) electrons. The number of hydrogen-bond acceptors (Lipinski definition) is 6. The van der Waals surface area contributed by atoms with Crippen molar-refractivity contribution in [1.29, 1.82) is 0 Å². The molecule has 1 aromatic carbocycles. The molecule has 2 saturated heterocycles. The quantitative estimate of drug-likeness (QED) is 0.735. The Morgan fingerprint density at radius 2 is 1.68 bits per heavy atom. The van der Waals surface area contributed by atoms with E-state index < -0.39 is 12.1 Å². The highest BCUT2D eigenvalue weighted by atomic mass is 19.4. The lowest BCUT2D eigenvalue weighted by Gasteiger charge is -2.35. The highest BCUT2D eigenvalue weighted by Crippen LogP contribution is 2.25. The molecule has 1 amide bonds. The summed E-state index contributed by atoms with van der Waals surface area (Å²) >= 11 is 0. The SMILES string of the molecule is Cc1cc(N2CCN(C(=O)c3cccc(OC(F)(F)F)c3)CC2)nc(N2CCCC2)n1. The summed E-state index contributed by atoms with van der Waals surface area (Å²) in [6.45, 7) is 5.93. The third-order valence-corrected chi connectivity index (χ3v) is 5.42. The minimum atomic E-state index is -4.79. The van der Waals surface area contributed by atoms with Gasteiger partial charge in [-0.05, 0) is 38.0 Å². The van der Waals surface area contributed by atoms with E-state index in [1.54, 1.807) is 4.90 Å². The summed E-state index contributed by atoms with van der Waals surface area (Å²) in [4.78, 5) is 28.0. The number of alkyl halides is 3. The molecule has 2 aliphatic rings. The zero-order chi connectivity index (χ0) is 22.0. The molecule has 2 aromatic rings. The fourth-order valence-corrected chi connectivity index (χ4v) is 3.90. The normalized spacial score (nSPS) is 17.2. The Bertz CT molecular complexity index is 939. The van der Waals surface area contributed by atoms with Crippen LogP contribution in [-0.2, 0) is 0 Å². The first kappa shape index (κ1) is 21.2. The minimum absolute atomic E-state index is 0.171. The molecule has 0 saturated carbocycles. The number of halogens is 3. The third kappa shape index (κ3) is 5.18. The fourth-order valence-electron chi connectivity index (χ4n) is 3.90. The first-order chi connectivity index (χ1) is 14.8. The summed E-state index contributed by atoms with van der Waals surface area (Å²) in [5.41, 5.74) is 1.07. The van der Waals surface area contributed by atoms with Crippen LogP contribution in [0, 0.1) is 6.92 Å². The molecule has 10 heteroatoms. The van der Waals surface area contributed by atoms with E-state index in [-0.39, 0.29) is 11.5 Å². The van der Waals surface area contributed by atoms with Gasteiger partial charge >= 0.3 is 6.36 Å². The first-order valence-electron chi connectivity index (χ1n) is 10.3. The Hall–Kier alpha value is -3.04. The van der Waals surface area contributed by atoms with Gasteiger partial charge in [-0.25, -0.2) is 4.98 Å². The fraction of sp³-hybridized carbons (Fsp3) is 0.476. The van der Waals surface area contributed by atoms with E-state index in [1.807, 2.05) is 13.0 Å². The molecule has 0 N–H and O–H groups in total. The molecule has 31 heavy (non-hydrogen) atoms. The molecule has 0 unspecified atom stereocenters. The Morgan fingerprint density at radius 1 is 0.968 bits per heavy atom. The molecule has 4 rings (SSSR count). The molecule has 7 nitrogen and oxygen atoms in total. The van der Waals surface area contributed by atoms with Crippen LogP contribution in [0.5, 0.6) is 5.75 Å². The van der Waals surface area contributed by atoms with Crippen molar-refractivity contribution in [1.82, 2.24) is 14.9 Å². The molecule has 0 bridgehead atoms. The van der Waals surface area contributed by atoms with Gasteiger partial charge in [0.25, 0.3) is 5.91 Å². The summed E-state index contributed by atoms with van der Waals surface area (Å²) in [6, 6.07) is 7.12. The number of amides is 1. The number of anilines is 2. The van der Waals surface area contributed by atoms with Gasteiger partial charge in [-0.1, -0.05) is 6.07 Å². The summed E-state index contributed by atoms with van der Waals surface area (Å²) in [5.74, 6) is 0.862. The second-order valence-electron chi connectivity index (χ2n) is 7.72. The number of aromatic nitrogens is 2. The zero-order valence-electron chi connectivity index (χ0n) is 17.2. The van der Waals surface area contributed by atoms with E-state index in [0.29, 0.717) is 26.2 Å². The predicted octanol–water partition coefficient (Wildman–Crippen LogP) is 3.25. The molecule has 166 valence electrons. The molecule has 2 fully saturated rings. The Morgan fingerprint density at radius 3 is 2.35 bits per heavy atom. The van der Waals surface area contributed by atoms with Gasteiger partial charge in [0.2, 0.25) is 5.95 Å². The number of nitrogens with zero attached hydrogens (tertiary/aromatic N) is 5. The number of carbonyl (C=O) groups is 1. The van der Waals surface area contributed by atoms with E-state index in [4.69, 9.17) is 4.98 Å². The summed E-state index contributed by atoms with van der Waals surface area (Å²) < 4.78 is 41.3. The van der Waals surface area contributed by atoms with Crippen LogP contribution in [0.1, 0.15) is 28.9 Å². The number of hydrogen-bond donors (Lipinski definition) is 0. The van der Waals surface area contributed by atoms with Crippen molar-refractivity contribution in [2.45, 2.75) is 26.1 Å². The highest BCUT2D eigenvalue weighted by molar-refractivity contribution is 5.94. The van der Waals surface area contributed by atoms with Gasteiger partial charge < -0.3 is 19.4 Å². The largest absolute Gasteiger partial charge is 0.573 e. The van der Waals surface area contributed by atoms with Crippen molar-refractivity contribution in [2.75, 3.05) is 49.1 Å². The van der Waals surface area contributed by atoms with Crippen molar-refractivity contribution in [3.63, 3.8) is 0 Å². The average Bonchev–Trinajstić information content (AvgIpc) is 3.27. The summed E-state index contributed by atoms with van der Waals surface area (Å²) in [6.07, 6.45) is -2.51. The molecule has 1 aromatic heterocycles.